The minimum Gasteiger partial charge on any atom is -0.550 e. The van der Waals surface area contributed by atoms with E-state index < -0.39 is 11.9 Å². The maximum atomic E-state index is 12.4. The molecule has 1 aliphatic heterocycles. The number of benzene rings is 1. The SMILES string of the molecule is Cc1ccc2c(CC(=O)N3CCC(C(=O)[O-])CC3)coc2c1. The molecule has 1 aliphatic rings. The first-order chi connectivity index (χ1) is 10.5. The zero-order chi connectivity index (χ0) is 15.7. The molecule has 0 aliphatic carbocycles. The number of amides is 1. The average molecular weight is 300 g/mol. The van der Waals surface area contributed by atoms with Gasteiger partial charge in [0, 0.05) is 35.9 Å². The number of aliphatic carboxylic acids is 1. The highest BCUT2D eigenvalue weighted by atomic mass is 16.4. The molecule has 0 bridgehead atoms. The summed E-state index contributed by atoms with van der Waals surface area (Å²) in [6.07, 6.45) is 2.86. The molecular weight excluding hydrogens is 282 g/mol. The van der Waals surface area contributed by atoms with E-state index in [1.165, 1.54) is 0 Å². The van der Waals surface area contributed by atoms with Crippen LogP contribution in [0.3, 0.4) is 0 Å². The van der Waals surface area contributed by atoms with Crippen LogP contribution in [0, 0.1) is 12.8 Å². The molecule has 0 radical (unpaired) electrons. The molecular formula is C17H18NO4-. The molecule has 2 aromatic rings. The highest BCUT2D eigenvalue weighted by molar-refractivity contribution is 5.88. The van der Waals surface area contributed by atoms with E-state index in [1.807, 2.05) is 25.1 Å². The fraction of sp³-hybridized carbons (Fsp3) is 0.412. The van der Waals surface area contributed by atoms with Gasteiger partial charge < -0.3 is 19.2 Å². The third-order valence-corrected chi connectivity index (χ3v) is 4.33. The highest BCUT2D eigenvalue weighted by Gasteiger charge is 2.24. The van der Waals surface area contributed by atoms with Crippen LogP contribution in [0.15, 0.2) is 28.9 Å². The Morgan fingerprint density at radius 3 is 2.73 bits per heavy atom. The Morgan fingerprint density at radius 2 is 2.05 bits per heavy atom. The van der Waals surface area contributed by atoms with Crippen molar-refractivity contribution in [1.29, 1.82) is 0 Å². The van der Waals surface area contributed by atoms with Crippen LogP contribution in [0.4, 0.5) is 0 Å². The summed E-state index contributed by atoms with van der Waals surface area (Å²) in [4.78, 5) is 24.9. The number of furan rings is 1. The van der Waals surface area contributed by atoms with Crippen LogP contribution in [0.1, 0.15) is 24.0 Å². The van der Waals surface area contributed by atoms with Gasteiger partial charge in [-0.25, -0.2) is 0 Å². The molecule has 1 fully saturated rings. The van der Waals surface area contributed by atoms with Gasteiger partial charge in [0.1, 0.15) is 5.58 Å². The first kappa shape index (κ1) is 14.6. The van der Waals surface area contributed by atoms with Crippen molar-refractivity contribution in [3.63, 3.8) is 0 Å². The van der Waals surface area contributed by atoms with Gasteiger partial charge in [0.2, 0.25) is 5.91 Å². The summed E-state index contributed by atoms with van der Waals surface area (Å²) in [6.45, 7) is 2.95. The number of hydrogen-bond donors (Lipinski definition) is 0. The normalized spacial score (nSPS) is 16.1. The van der Waals surface area contributed by atoms with Gasteiger partial charge in [-0.3, -0.25) is 4.79 Å². The van der Waals surface area contributed by atoms with Crippen molar-refractivity contribution >= 4 is 22.8 Å². The number of hydrogen-bond acceptors (Lipinski definition) is 4. The van der Waals surface area contributed by atoms with Crippen molar-refractivity contribution < 1.29 is 19.1 Å². The maximum absolute atomic E-state index is 12.4. The summed E-state index contributed by atoms with van der Waals surface area (Å²) in [7, 11) is 0. The van der Waals surface area contributed by atoms with Crippen LogP contribution in [-0.2, 0) is 16.0 Å². The van der Waals surface area contributed by atoms with Gasteiger partial charge in [-0.1, -0.05) is 12.1 Å². The fourth-order valence-electron chi connectivity index (χ4n) is 2.97. The van der Waals surface area contributed by atoms with Crippen LogP contribution >= 0.6 is 0 Å². The third-order valence-electron chi connectivity index (χ3n) is 4.33. The molecule has 5 heteroatoms. The summed E-state index contributed by atoms with van der Waals surface area (Å²) >= 11 is 0. The predicted molar refractivity (Wildman–Crippen MR) is 79.0 cm³/mol. The number of carboxylic acid groups (broad SMARTS) is 1. The van der Waals surface area contributed by atoms with Crippen molar-refractivity contribution in [3.8, 4) is 0 Å². The molecule has 1 saturated heterocycles. The smallest absolute Gasteiger partial charge is 0.227 e. The lowest BCUT2D eigenvalue weighted by molar-refractivity contribution is -0.312. The highest BCUT2D eigenvalue weighted by Crippen LogP contribution is 2.24. The van der Waals surface area contributed by atoms with Gasteiger partial charge >= 0.3 is 0 Å². The Balaban J connectivity index is 1.68. The summed E-state index contributed by atoms with van der Waals surface area (Å²) < 4.78 is 5.51. The third kappa shape index (κ3) is 2.84. The maximum Gasteiger partial charge on any atom is 0.227 e. The van der Waals surface area contributed by atoms with Gasteiger partial charge in [-0.15, -0.1) is 0 Å². The molecule has 0 atom stereocenters. The second-order valence-electron chi connectivity index (χ2n) is 5.91. The van der Waals surface area contributed by atoms with Crippen molar-refractivity contribution in [3.05, 3.63) is 35.6 Å². The van der Waals surface area contributed by atoms with Gasteiger partial charge in [0.05, 0.1) is 12.7 Å². The number of aryl methyl sites for hydroxylation is 1. The lowest BCUT2D eigenvalue weighted by Crippen LogP contribution is -2.44. The Labute approximate surface area is 128 Å². The Bertz CT molecular complexity index is 711. The summed E-state index contributed by atoms with van der Waals surface area (Å²) in [5.74, 6) is -1.43. The Kier molecular flexibility index (Phi) is 3.88. The van der Waals surface area contributed by atoms with Gasteiger partial charge in [-0.05, 0) is 31.4 Å². The monoisotopic (exact) mass is 300 g/mol. The van der Waals surface area contributed by atoms with Crippen LogP contribution in [0.2, 0.25) is 0 Å². The van der Waals surface area contributed by atoms with Gasteiger partial charge in [0.15, 0.2) is 0 Å². The van der Waals surface area contributed by atoms with E-state index in [1.54, 1.807) is 11.2 Å². The standard InChI is InChI=1S/C17H19NO4/c1-11-2-3-14-13(10-22-15(14)8-11)9-16(19)18-6-4-12(5-7-18)17(20)21/h2-3,8,10,12H,4-7,9H2,1H3,(H,20,21)/p-1. The molecule has 1 aromatic heterocycles. The van der Waals surface area contributed by atoms with Gasteiger partial charge in [-0.2, -0.15) is 0 Å². The first-order valence-electron chi connectivity index (χ1n) is 7.50. The molecule has 0 spiro atoms. The number of carbonyl (C=O) groups excluding carboxylic acids is 2. The summed E-state index contributed by atoms with van der Waals surface area (Å²) in [6, 6.07) is 5.92. The van der Waals surface area contributed by atoms with Crippen LogP contribution in [0.25, 0.3) is 11.0 Å². The minimum atomic E-state index is -1.01. The molecule has 1 aromatic carbocycles. The topological polar surface area (TPSA) is 73.6 Å². The minimum absolute atomic E-state index is 0.0140. The van der Waals surface area contributed by atoms with Crippen LogP contribution < -0.4 is 5.11 Å². The molecule has 22 heavy (non-hydrogen) atoms. The predicted octanol–water partition coefficient (Wildman–Crippen LogP) is 1.27. The number of rotatable bonds is 3. The van der Waals surface area contributed by atoms with Crippen molar-refractivity contribution in [2.75, 3.05) is 13.1 Å². The number of fused-ring (bicyclic) bond motifs is 1. The first-order valence-corrected chi connectivity index (χ1v) is 7.50. The van der Waals surface area contributed by atoms with Crippen LogP contribution in [-0.4, -0.2) is 29.9 Å². The molecule has 116 valence electrons. The molecule has 3 rings (SSSR count). The van der Waals surface area contributed by atoms with E-state index in [0.717, 1.165) is 22.1 Å². The molecule has 0 unspecified atom stereocenters. The van der Waals surface area contributed by atoms with E-state index >= 15 is 0 Å². The molecule has 0 saturated carbocycles. The number of likely N-dealkylation sites (tertiary alicyclic amines) is 1. The molecule has 0 N–H and O–H groups in total. The fourth-order valence-corrected chi connectivity index (χ4v) is 2.97. The Morgan fingerprint density at radius 1 is 1.32 bits per heavy atom. The van der Waals surface area contributed by atoms with Gasteiger partial charge in [0.25, 0.3) is 0 Å². The summed E-state index contributed by atoms with van der Waals surface area (Å²) in [5.41, 5.74) is 2.78. The largest absolute Gasteiger partial charge is 0.550 e. The van der Waals surface area contributed by atoms with E-state index in [4.69, 9.17) is 4.42 Å². The Hall–Kier alpha value is -2.30. The number of carbonyl (C=O) groups is 2. The van der Waals surface area contributed by atoms with E-state index in [0.29, 0.717) is 25.9 Å². The lowest BCUT2D eigenvalue weighted by Gasteiger charge is -2.32. The zero-order valence-corrected chi connectivity index (χ0v) is 12.5. The summed E-state index contributed by atoms with van der Waals surface area (Å²) in [5, 5.41) is 11.8. The quantitative estimate of drug-likeness (QED) is 0.855. The average Bonchev–Trinajstić information content (AvgIpc) is 2.89. The molecule has 5 nitrogen and oxygen atoms in total. The molecule has 2 heterocycles. The van der Waals surface area contributed by atoms with E-state index in [-0.39, 0.29) is 12.3 Å². The van der Waals surface area contributed by atoms with E-state index in [2.05, 4.69) is 0 Å². The van der Waals surface area contributed by atoms with Crippen LogP contribution in [0.5, 0.6) is 0 Å². The lowest BCUT2D eigenvalue weighted by atomic mass is 9.96. The number of carboxylic acids is 1. The van der Waals surface area contributed by atoms with Crippen molar-refractivity contribution in [2.45, 2.75) is 26.2 Å². The molecule has 1 amide bonds. The van der Waals surface area contributed by atoms with Crippen molar-refractivity contribution in [2.24, 2.45) is 5.92 Å². The van der Waals surface area contributed by atoms with E-state index in [9.17, 15) is 14.7 Å². The van der Waals surface area contributed by atoms with Crippen molar-refractivity contribution in [1.82, 2.24) is 4.90 Å². The number of piperidine rings is 1. The second-order valence-corrected chi connectivity index (χ2v) is 5.91. The second kappa shape index (κ2) is 5.83. The zero-order valence-electron chi connectivity index (χ0n) is 12.5. The number of nitrogens with zero attached hydrogens (tertiary/aromatic N) is 1.